The third kappa shape index (κ3) is 3.46. The van der Waals surface area contributed by atoms with Crippen molar-refractivity contribution < 1.29 is 13.2 Å². The third-order valence-electron chi connectivity index (χ3n) is 3.25. The molecule has 0 aromatic heterocycles. The van der Waals surface area contributed by atoms with E-state index in [4.69, 9.17) is 10.5 Å². The second kappa shape index (κ2) is 6.05. The molecule has 112 valence electrons. The van der Waals surface area contributed by atoms with Gasteiger partial charge in [0.1, 0.15) is 5.75 Å². The summed E-state index contributed by atoms with van der Waals surface area (Å²) in [5.74, 6) is 0.541. The second-order valence-corrected chi connectivity index (χ2v) is 6.62. The van der Waals surface area contributed by atoms with E-state index in [2.05, 4.69) is 0 Å². The molecule has 5 nitrogen and oxygen atoms in total. The van der Waals surface area contributed by atoms with E-state index in [-0.39, 0.29) is 5.75 Å². The molecular weight excluding hydrogens is 288 g/mol. The molecule has 21 heavy (non-hydrogen) atoms. The zero-order valence-corrected chi connectivity index (χ0v) is 12.8. The van der Waals surface area contributed by atoms with Crippen molar-refractivity contribution in [3.63, 3.8) is 0 Å². The van der Waals surface area contributed by atoms with Gasteiger partial charge in [-0.1, -0.05) is 18.2 Å². The van der Waals surface area contributed by atoms with Gasteiger partial charge in [-0.15, -0.1) is 0 Å². The molecule has 0 spiro atoms. The van der Waals surface area contributed by atoms with Gasteiger partial charge in [-0.3, -0.25) is 4.31 Å². The monoisotopic (exact) mass is 306 g/mol. The second-order valence-electron chi connectivity index (χ2n) is 4.62. The van der Waals surface area contributed by atoms with Crippen LogP contribution in [0, 0.1) is 0 Å². The standard InChI is InChI=1S/C15H18N2O3S/c1-17(13-7-9-14(20-2)10-8-13)21(18,19)11-12-5-3-4-6-15(12)16/h3-10H,11,16H2,1-2H3. The minimum absolute atomic E-state index is 0.137. The summed E-state index contributed by atoms with van der Waals surface area (Å²) in [6.45, 7) is 0. The summed E-state index contributed by atoms with van der Waals surface area (Å²) in [5.41, 5.74) is 7.45. The van der Waals surface area contributed by atoms with Crippen LogP contribution < -0.4 is 14.8 Å². The van der Waals surface area contributed by atoms with Gasteiger partial charge in [-0.05, 0) is 35.9 Å². The number of benzene rings is 2. The highest BCUT2D eigenvalue weighted by atomic mass is 32.2. The minimum Gasteiger partial charge on any atom is -0.497 e. The van der Waals surface area contributed by atoms with Gasteiger partial charge in [0.25, 0.3) is 0 Å². The van der Waals surface area contributed by atoms with Gasteiger partial charge in [0, 0.05) is 12.7 Å². The minimum atomic E-state index is -3.50. The fraction of sp³-hybridized carbons (Fsp3) is 0.200. The fourth-order valence-corrected chi connectivity index (χ4v) is 3.20. The summed E-state index contributed by atoms with van der Waals surface area (Å²) in [5, 5.41) is 0. The smallest absolute Gasteiger partial charge is 0.239 e. The Bertz CT molecular complexity index is 712. The van der Waals surface area contributed by atoms with Crippen molar-refractivity contribution in [2.75, 3.05) is 24.2 Å². The first kappa shape index (κ1) is 15.2. The number of nitrogens with zero attached hydrogens (tertiary/aromatic N) is 1. The van der Waals surface area contributed by atoms with Crippen molar-refractivity contribution in [3.05, 3.63) is 54.1 Å². The van der Waals surface area contributed by atoms with E-state index < -0.39 is 10.0 Å². The van der Waals surface area contributed by atoms with Crippen molar-refractivity contribution in [2.45, 2.75) is 5.75 Å². The third-order valence-corrected chi connectivity index (χ3v) is 4.97. The predicted octanol–water partition coefficient (Wildman–Crippen LogP) is 2.24. The van der Waals surface area contributed by atoms with Crippen LogP contribution in [0.2, 0.25) is 0 Å². The number of nitrogens with two attached hydrogens (primary N) is 1. The zero-order valence-electron chi connectivity index (χ0n) is 12.0. The molecule has 2 aromatic carbocycles. The number of sulfonamides is 1. The van der Waals surface area contributed by atoms with Crippen LogP contribution >= 0.6 is 0 Å². The van der Waals surface area contributed by atoms with Crippen LogP contribution in [0.15, 0.2) is 48.5 Å². The average molecular weight is 306 g/mol. The number of anilines is 2. The molecule has 0 atom stereocenters. The Kier molecular flexibility index (Phi) is 4.37. The molecule has 0 radical (unpaired) electrons. The molecule has 0 heterocycles. The van der Waals surface area contributed by atoms with Crippen LogP contribution in [-0.2, 0) is 15.8 Å². The highest BCUT2D eigenvalue weighted by Gasteiger charge is 2.20. The van der Waals surface area contributed by atoms with E-state index in [0.717, 1.165) is 0 Å². The van der Waals surface area contributed by atoms with Crippen LogP contribution in [0.4, 0.5) is 11.4 Å². The quantitative estimate of drug-likeness (QED) is 0.860. The van der Waals surface area contributed by atoms with Crippen LogP contribution in [0.5, 0.6) is 5.75 Å². The van der Waals surface area contributed by atoms with Crippen molar-refractivity contribution in [2.24, 2.45) is 0 Å². The maximum absolute atomic E-state index is 12.4. The molecule has 0 fully saturated rings. The summed E-state index contributed by atoms with van der Waals surface area (Å²) in [7, 11) is -0.409. The lowest BCUT2D eigenvalue weighted by molar-refractivity contribution is 0.415. The van der Waals surface area contributed by atoms with Gasteiger partial charge in [-0.25, -0.2) is 8.42 Å². The summed E-state index contributed by atoms with van der Waals surface area (Å²) < 4.78 is 31.2. The molecule has 0 saturated heterocycles. The van der Waals surface area contributed by atoms with E-state index in [9.17, 15) is 8.42 Å². The maximum atomic E-state index is 12.4. The largest absolute Gasteiger partial charge is 0.497 e. The SMILES string of the molecule is COc1ccc(N(C)S(=O)(=O)Cc2ccccc2N)cc1. The van der Waals surface area contributed by atoms with Crippen LogP contribution in [0.25, 0.3) is 0 Å². The highest BCUT2D eigenvalue weighted by Crippen LogP contribution is 2.23. The Morgan fingerprint density at radius 2 is 1.71 bits per heavy atom. The Morgan fingerprint density at radius 1 is 1.10 bits per heavy atom. The highest BCUT2D eigenvalue weighted by molar-refractivity contribution is 7.92. The Balaban J connectivity index is 2.24. The number of hydrogen-bond acceptors (Lipinski definition) is 4. The molecular formula is C15H18N2O3S. The molecule has 0 aliphatic heterocycles. The Labute approximate surface area is 125 Å². The van der Waals surface area contributed by atoms with E-state index >= 15 is 0 Å². The van der Waals surface area contributed by atoms with Crippen molar-refractivity contribution in [3.8, 4) is 5.75 Å². The summed E-state index contributed by atoms with van der Waals surface area (Å²) in [4.78, 5) is 0. The van der Waals surface area contributed by atoms with Crippen LogP contribution in [-0.4, -0.2) is 22.6 Å². The Morgan fingerprint density at radius 3 is 2.29 bits per heavy atom. The zero-order chi connectivity index (χ0) is 15.5. The van der Waals surface area contributed by atoms with Gasteiger partial charge in [-0.2, -0.15) is 0 Å². The predicted molar refractivity (Wildman–Crippen MR) is 84.9 cm³/mol. The molecule has 0 amide bonds. The summed E-state index contributed by atoms with van der Waals surface area (Å²) in [6.07, 6.45) is 0. The van der Waals surface area contributed by atoms with Gasteiger partial charge in [0.15, 0.2) is 0 Å². The normalized spacial score (nSPS) is 11.1. The summed E-state index contributed by atoms with van der Waals surface area (Å²) in [6, 6.07) is 13.8. The maximum Gasteiger partial charge on any atom is 0.239 e. The molecule has 0 bridgehead atoms. The average Bonchev–Trinajstić information content (AvgIpc) is 2.49. The Hall–Kier alpha value is -2.21. The molecule has 2 rings (SSSR count). The number of hydrogen-bond donors (Lipinski definition) is 1. The topological polar surface area (TPSA) is 72.6 Å². The van der Waals surface area contributed by atoms with Gasteiger partial charge in [0.2, 0.25) is 10.0 Å². The lowest BCUT2D eigenvalue weighted by atomic mass is 10.2. The number of rotatable bonds is 5. The molecule has 0 aliphatic rings. The van der Waals surface area contributed by atoms with Crippen molar-refractivity contribution >= 4 is 21.4 Å². The van der Waals surface area contributed by atoms with Crippen LogP contribution in [0.1, 0.15) is 5.56 Å². The van der Waals surface area contributed by atoms with Gasteiger partial charge >= 0.3 is 0 Å². The van der Waals surface area contributed by atoms with Gasteiger partial charge in [0.05, 0.1) is 18.6 Å². The lowest BCUT2D eigenvalue weighted by Crippen LogP contribution is -2.28. The molecule has 0 aliphatic carbocycles. The number of methoxy groups -OCH3 is 1. The first-order valence-corrected chi connectivity index (χ1v) is 7.99. The van der Waals surface area contributed by atoms with Crippen molar-refractivity contribution in [1.29, 1.82) is 0 Å². The van der Waals surface area contributed by atoms with E-state index in [1.54, 1.807) is 55.6 Å². The molecule has 0 saturated carbocycles. The lowest BCUT2D eigenvalue weighted by Gasteiger charge is -2.20. The summed E-state index contributed by atoms with van der Waals surface area (Å²) >= 11 is 0. The van der Waals surface area contributed by atoms with Crippen molar-refractivity contribution in [1.82, 2.24) is 0 Å². The van der Waals surface area contributed by atoms with Crippen LogP contribution in [0.3, 0.4) is 0 Å². The first-order chi connectivity index (χ1) is 9.94. The first-order valence-electron chi connectivity index (χ1n) is 6.38. The van der Waals surface area contributed by atoms with E-state index in [1.165, 1.54) is 11.4 Å². The number of nitrogen functional groups attached to an aromatic ring is 1. The van der Waals surface area contributed by atoms with E-state index in [1.807, 2.05) is 0 Å². The number of ether oxygens (including phenoxy) is 1. The molecule has 6 heteroatoms. The number of para-hydroxylation sites is 1. The molecule has 2 N–H and O–H groups in total. The van der Waals surface area contributed by atoms with E-state index in [0.29, 0.717) is 22.7 Å². The van der Waals surface area contributed by atoms with Gasteiger partial charge < -0.3 is 10.5 Å². The molecule has 0 unspecified atom stereocenters. The molecule has 2 aromatic rings. The fourth-order valence-electron chi connectivity index (χ4n) is 1.91.